The third-order valence-electron chi connectivity index (χ3n) is 4.24. The Morgan fingerprint density at radius 2 is 2.24 bits per heavy atom. The van der Waals surface area contributed by atoms with Crippen LogP contribution in [-0.2, 0) is 9.53 Å². The van der Waals surface area contributed by atoms with Crippen molar-refractivity contribution in [3.8, 4) is 17.0 Å². The first-order valence-electron chi connectivity index (χ1n) is 8.79. The fraction of sp³-hybridized carbons (Fsp3) is 0.200. The number of halogens is 2. The van der Waals surface area contributed by atoms with Gasteiger partial charge in [-0.2, -0.15) is 0 Å². The van der Waals surface area contributed by atoms with E-state index in [-0.39, 0.29) is 11.1 Å². The average molecular weight is 419 g/mol. The molecule has 0 unspecified atom stereocenters. The molecule has 2 heterocycles. The molecule has 7 nitrogen and oxygen atoms in total. The Morgan fingerprint density at radius 3 is 2.93 bits per heavy atom. The van der Waals surface area contributed by atoms with E-state index in [1.54, 1.807) is 19.1 Å². The molecular formula is C20H20ClFN4O3. The zero-order chi connectivity index (χ0) is 21.0. The number of benzene rings is 1. The number of pyridine rings is 1. The molecule has 1 aliphatic heterocycles. The zero-order valence-corrected chi connectivity index (χ0v) is 16.6. The summed E-state index contributed by atoms with van der Waals surface area (Å²) in [7, 11) is 1.26. The molecule has 29 heavy (non-hydrogen) atoms. The van der Waals surface area contributed by atoms with E-state index in [0.717, 1.165) is 6.20 Å². The number of methoxy groups -OCH3 is 1. The zero-order valence-electron chi connectivity index (χ0n) is 15.9. The summed E-state index contributed by atoms with van der Waals surface area (Å²) in [6.45, 7) is 2.71. The number of anilines is 2. The number of rotatable bonds is 5. The molecule has 152 valence electrons. The van der Waals surface area contributed by atoms with Crippen LogP contribution in [0.3, 0.4) is 0 Å². The molecule has 0 amide bonds. The largest absolute Gasteiger partial charge is 0.486 e. The van der Waals surface area contributed by atoms with E-state index in [1.165, 1.54) is 25.3 Å². The van der Waals surface area contributed by atoms with Crippen LogP contribution in [0.25, 0.3) is 11.3 Å². The molecule has 0 saturated carbocycles. The van der Waals surface area contributed by atoms with Crippen LogP contribution in [0.1, 0.15) is 6.92 Å². The Kier molecular flexibility index (Phi) is 6.23. The Hall–Kier alpha value is -3.26. The van der Waals surface area contributed by atoms with Crippen LogP contribution in [0.5, 0.6) is 5.75 Å². The van der Waals surface area contributed by atoms with Crippen LogP contribution < -0.4 is 21.1 Å². The number of nitrogens with two attached hydrogens (primary N) is 1. The number of hydrogen-bond donors (Lipinski definition) is 3. The second-order valence-electron chi connectivity index (χ2n) is 6.03. The summed E-state index contributed by atoms with van der Waals surface area (Å²) in [6, 6.07) is 5.86. The molecule has 0 fully saturated rings. The van der Waals surface area contributed by atoms with E-state index in [0.29, 0.717) is 46.8 Å². The molecule has 9 heteroatoms. The molecule has 0 spiro atoms. The molecule has 0 radical (unpaired) electrons. The summed E-state index contributed by atoms with van der Waals surface area (Å²) in [5, 5.41) is 6.63. The van der Waals surface area contributed by atoms with Crippen LogP contribution in [-0.4, -0.2) is 31.2 Å². The van der Waals surface area contributed by atoms with Gasteiger partial charge in [0, 0.05) is 16.8 Å². The Balaban J connectivity index is 2.10. The van der Waals surface area contributed by atoms with Gasteiger partial charge in [-0.15, -0.1) is 0 Å². The summed E-state index contributed by atoms with van der Waals surface area (Å²) >= 11 is 6.04. The van der Waals surface area contributed by atoms with Crippen molar-refractivity contribution in [1.29, 1.82) is 0 Å². The molecular weight excluding hydrogens is 399 g/mol. The first kappa shape index (κ1) is 20.5. The summed E-state index contributed by atoms with van der Waals surface area (Å²) in [6.07, 6.45) is 2.82. The van der Waals surface area contributed by atoms with Gasteiger partial charge in [0.2, 0.25) is 0 Å². The number of carbonyl (C=O) groups excluding carboxylic acids is 1. The standard InChI is InChI=1S/C20H20ClFN4O3/c1-3-15(13(10-23)20(27)28-2)25-17-9-16(12-8-11(21)4-5-14(12)22)26-19-18(17)29-7-6-24-19/h3-5,8-10H,6-7,23H2,1-2H3,(H2,24,25,26)/b13-10+,15-3+. The lowest BCUT2D eigenvalue weighted by Gasteiger charge is -2.23. The van der Waals surface area contributed by atoms with Gasteiger partial charge in [-0.05, 0) is 31.2 Å². The van der Waals surface area contributed by atoms with Gasteiger partial charge in [-0.25, -0.2) is 14.2 Å². The maximum Gasteiger partial charge on any atom is 0.341 e. The van der Waals surface area contributed by atoms with Gasteiger partial charge in [-0.1, -0.05) is 17.7 Å². The van der Waals surface area contributed by atoms with E-state index < -0.39 is 11.8 Å². The molecule has 2 aromatic rings. The molecule has 4 N–H and O–H groups in total. The minimum absolute atomic E-state index is 0.139. The van der Waals surface area contributed by atoms with Crippen LogP contribution in [0.4, 0.5) is 15.9 Å². The summed E-state index contributed by atoms with van der Waals surface area (Å²) < 4.78 is 24.9. The lowest BCUT2D eigenvalue weighted by molar-refractivity contribution is -0.135. The first-order valence-corrected chi connectivity index (χ1v) is 9.17. The molecule has 1 aliphatic rings. The van der Waals surface area contributed by atoms with Gasteiger partial charge < -0.3 is 25.8 Å². The summed E-state index contributed by atoms with van der Waals surface area (Å²) in [4.78, 5) is 16.5. The number of esters is 1. The maximum absolute atomic E-state index is 14.4. The smallest absolute Gasteiger partial charge is 0.341 e. The summed E-state index contributed by atoms with van der Waals surface area (Å²) in [5.41, 5.74) is 7.21. The minimum Gasteiger partial charge on any atom is -0.486 e. The third kappa shape index (κ3) is 4.27. The van der Waals surface area contributed by atoms with Crippen molar-refractivity contribution in [2.24, 2.45) is 5.73 Å². The van der Waals surface area contributed by atoms with Gasteiger partial charge >= 0.3 is 5.97 Å². The number of fused-ring (bicyclic) bond motifs is 1. The van der Waals surface area contributed by atoms with Crippen molar-refractivity contribution in [3.05, 3.63) is 58.7 Å². The van der Waals surface area contributed by atoms with E-state index in [2.05, 4.69) is 15.6 Å². The highest BCUT2D eigenvalue weighted by Crippen LogP contribution is 2.39. The predicted molar refractivity (Wildman–Crippen MR) is 110 cm³/mol. The molecule has 0 bridgehead atoms. The van der Waals surface area contributed by atoms with Crippen molar-refractivity contribution < 1.29 is 18.7 Å². The number of ether oxygens (including phenoxy) is 2. The number of nitrogens with one attached hydrogen (secondary N) is 2. The Bertz CT molecular complexity index is 1010. The molecule has 0 aliphatic carbocycles. The molecule has 0 atom stereocenters. The topological polar surface area (TPSA) is 98.5 Å². The van der Waals surface area contributed by atoms with Crippen LogP contribution in [0.15, 0.2) is 47.8 Å². The number of nitrogens with zero attached hydrogens (tertiary/aromatic N) is 1. The normalized spacial score (nSPS) is 13.8. The van der Waals surface area contributed by atoms with E-state index in [4.69, 9.17) is 26.8 Å². The molecule has 3 rings (SSSR count). The van der Waals surface area contributed by atoms with E-state index >= 15 is 0 Å². The number of allylic oxidation sites excluding steroid dienone is 1. The fourth-order valence-electron chi connectivity index (χ4n) is 2.86. The van der Waals surface area contributed by atoms with Crippen LogP contribution in [0.2, 0.25) is 5.02 Å². The quantitative estimate of drug-likeness (QED) is 0.387. The lowest BCUT2D eigenvalue weighted by atomic mass is 10.1. The highest BCUT2D eigenvalue weighted by molar-refractivity contribution is 6.30. The van der Waals surface area contributed by atoms with E-state index in [9.17, 15) is 9.18 Å². The van der Waals surface area contributed by atoms with E-state index in [1.807, 2.05) is 0 Å². The van der Waals surface area contributed by atoms with Gasteiger partial charge in [0.15, 0.2) is 11.6 Å². The van der Waals surface area contributed by atoms with Crippen LogP contribution >= 0.6 is 11.6 Å². The molecule has 0 saturated heterocycles. The van der Waals surface area contributed by atoms with Crippen molar-refractivity contribution in [2.45, 2.75) is 6.92 Å². The van der Waals surface area contributed by atoms with Gasteiger partial charge in [0.1, 0.15) is 12.4 Å². The lowest BCUT2D eigenvalue weighted by Crippen LogP contribution is -2.21. The number of carbonyl (C=O) groups is 1. The SMILES string of the molecule is C/C=C(Nc1cc(-c2cc(Cl)ccc2F)nc2c1OCCN2)\C(=C/N)C(=O)OC. The predicted octanol–water partition coefficient (Wildman–Crippen LogP) is 3.68. The highest BCUT2D eigenvalue weighted by atomic mass is 35.5. The fourth-order valence-corrected chi connectivity index (χ4v) is 3.04. The van der Waals surface area contributed by atoms with Gasteiger partial charge in [-0.3, -0.25) is 0 Å². The number of aromatic nitrogens is 1. The van der Waals surface area contributed by atoms with Gasteiger partial charge in [0.05, 0.1) is 36.3 Å². The Morgan fingerprint density at radius 1 is 1.45 bits per heavy atom. The van der Waals surface area contributed by atoms with Gasteiger partial charge in [0.25, 0.3) is 0 Å². The first-order chi connectivity index (χ1) is 14.0. The summed E-state index contributed by atoms with van der Waals surface area (Å²) in [5.74, 6) is -0.172. The average Bonchev–Trinajstić information content (AvgIpc) is 2.74. The maximum atomic E-state index is 14.4. The van der Waals surface area contributed by atoms with Crippen molar-refractivity contribution in [3.63, 3.8) is 0 Å². The third-order valence-corrected chi connectivity index (χ3v) is 4.47. The van der Waals surface area contributed by atoms with Crippen molar-refractivity contribution in [2.75, 3.05) is 30.9 Å². The highest BCUT2D eigenvalue weighted by Gasteiger charge is 2.22. The van der Waals surface area contributed by atoms with Crippen molar-refractivity contribution >= 4 is 29.1 Å². The van der Waals surface area contributed by atoms with Crippen LogP contribution in [0, 0.1) is 5.82 Å². The minimum atomic E-state index is -0.601. The molecule has 1 aromatic carbocycles. The number of hydrogen-bond acceptors (Lipinski definition) is 7. The Labute approximate surface area is 172 Å². The monoisotopic (exact) mass is 418 g/mol. The second kappa shape index (κ2) is 8.83. The van der Waals surface area contributed by atoms with Crippen molar-refractivity contribution in [1.82, 2.24) is 4.98 Å². The molecule has 1 aromatic heterocycles. The second-order valence-corrected chi connectivity index (χ2v) is 6.47.